The van der Waals surface area contributed by atoms with Crippen molar-refractivity contribution in [2.24, 2.45) is 0 Å². The largest absolute Gasteiger partial charge is 0.456 e. The maximum Gasteiger partial charge on any atom is 0.135 e. The van der Waals surface area contributed by atoms with Gasteiger partial charge in [0.05, 0.1) is 6.04 Å². The standard InChI is InChI=1S/C19H15NO/c1-2-7-18-14(5-1)16-12-15-13(11-19(16)21-18)8-10-20-9-4-3-6-17(15)20/h1-7,9,11-12,17H,8,10H2. The Morgan fingerprint density at radius 1 is 1.00 bits per heavy atom. The highest BCUT2D eigenvalue weighted by Gasteiger charge is 2.25. The second kappa shape index (κ2) is 4.01. The molecular weight excluding hydrogens is 258 g/mol. The van der Waals surface area contributed by atoms with Crippen molar-refractivity contribution in [3.05, 3.63) is 72.0 Å². The molecule has 5 rings (SSSR count). The lowest BCUT2D eigenvalue weighted by Gasteiger charge is -2.36. The summed E-state index contributed by atoms with van der Waals surface area (Å²) in [5.41, 5.74) is 4.83. The Morgan fingerprint density at radius 2 is 1.95 bits per heavy atom. The van der Waals surface area contributed by atoms with Gasteiger partial charge in [-0.2, -0.15) is 0 Å². The van der Waals surface area contributed by atoms with E-state index in [1.165, 1.54) is 21.9 Å². The van der Waals surface area contributed by atoms with Crippen LogP contribution in [0, 0.1) is 0 Å². The highest BCUT2D eigenvalue weighted by Crippen LogP contribution is 2.38. The molecule has 2 aromatic carbocycles. The fourth-order valence-corrected chi connectivity index (χ4v) is 3.60. The van der Waals surface area contributed by atoms with Gasteiger partial charge in [0.15, 0.2) is 0 Å². The summed E-state index contributed by atoms with van der Waals surface area (Å²) in [5.74, 6) is 0. The molecule has 2 aliphatic rings. The molecule has 0 spiro atoms. The first-order valence-electron chi connectivity index (χ1n) is 7.45. The fraction of sp³-hybridized carbons (Fsp3) is 0.158. The molecule has 3 heterocycles. The van der Waals surface area contributed by atoms with E-state index in [4.69, 9.17) is 4.42 Å². The average Bonchev–Trinajstić information content (AvgIpc) is 2.90. The van der Waals surface area contributed by atoms with E-state index >= 15 is 0 Å². The first kappa shape index (κ1) is 11.2. The van der Waals surface area contributed by atoms with Gasteiger partial charge >= 0.3 is 0 Å². The van der Waals surface area contributed by atoms with Gasteiger partial charge in [0.2, 0.25) is 0 Å². The Kier molecular flexibility index (Phi) is 2.14. The summed E-state index contributed by atoms with van der Waals surface area (Å²) in [6.45, 7) is 1.07. The van der Waals surface area contributed by atoms with Crippen LogP contribution in [0.25, 0.3) is 21.9 Å². The summed E-state index contributed by atoms with van der Waals surface area (Å²) in [7, 11) is 0. The second-order valence-corrected chi connectivity index (χ2v) is 5.80. The molecule has 0 saturated heterocycles. The SMILES string of the molecule is C1=CC2c3cc4c(cc3CCN2C=C1)oc1ccccc14. The number of para-hydroxylation sites is 1. The Bertz CT molecular complexity index is 916. The van der Waals surface area contributed by atoms with Crippen molar-refractivity contribution in [1.82, 2.24) is 4.90 Å². The van der Waals surface area contributed by atoms with Crippen LogP contribution in [0.2, 0.25) is 0 Å². The maximum atomic E-state index is 6.01. The highest BCUT2D eigenvalue weighted by molar-refractivity contribution is 6.05. The summed E-state index contributed by atoms with van der Waals surface area (Å²) in [6, 6.07) is 13.2. The molecule has 0 aliphatic carbocycles. The zero-order valence-corrected chi connectivity index (χ0v) is 11.6. The van der Waals surface area contributed by atoms with Gasteiger partial charge in [0.1, 0.15) is 11.2 Å². The molecule has 1 aromatic heterocycles. The first-order chi connectivity index (χ1) is 10.4. The third-order valence-electron chi connectivity index (χ3n) is 4.64. The number of fused-ring (bicyclic) bond motifs is 6. The van der Waals surface area contributed by atoms with Crippen molar-refractivity contribution in [3.8, 4) is 0 Å². The predicted molar refractivity (Wildman–Crippen MR) is 85.2 cm³/mol. The number of hydrogen-bond donors (Lipinski definition) is 0. The third kappa shape index (κ3) is 1.53. The van der Waals surface area contributed by atoms with Crippen LogP contribution in [0.5, 0.6) is 0 Å². The molecule has 0 saturated carbocycles. The molecular formula is C19H15NO. The second-order valence-electron chi connectivity index (χ2n) is 5.80. The lowest BCUT2D eigenvalue weighted by molar-refractivity contribution is 0.305. The van der Waals surface area contributed by atoms with Gasteiger partial charge in [-0.3, -0.25) is 0 Å². The maximum absolute atomic E-state index is 6.01. The van der Waals surface area contributed by atoms with Gasteiger partial charge in [-0.05, 0) is 48.0 Å². The minimum absolute atomic E-state index is 0.372. The van der Waals surface area contributed by atoms with Crippen molar-refractivity contribution in [1.29, 1.82) is 0 Å². The quantitative estimate of drug-likeness (QED) is 0.596. The van der Waals surface area contributed by atoms with Crippen LogP contribution in [-0.4, -0.2) is 11.4 Å². The molecule has 0 bridgehead atoms. The minimum atomic E-state index is 0.372. The summed E-state index contributed by atoms with van der Waals surface area (Å²) < 4.78 is 6.01. The topological polar surface area (TPSA) is 16.4 Å². The van der Waals surface area contributed by atoms with Gasteiger partial charge in [-0.15, -0.1) is 0 Å². The van der Waals surface area contributed by atoms with E-state index in [0.717, 1.165) is 24.1 Å². The van der Waals surface area contributed by atoms with Gasteiger partial charge in [0, 0.05) is 17.3 Å². The molecule has 102 valence electrons. The number of nitrogens with zero attached hydrogens (tertiary/aromatic N) is 1. The molecule has 2 aliphatic heterocycles. The fourth-order valence-electron chi connectivity index (χ4n) is 3.60. The smallest absolute Gasteiger partial charge is 0.135 e. The van der Waals surface area contributed by atoms with Crippen molar-refractivity contribution in [2.75, 3.05) is 6.54 Å². The summed E-state index contributed by atoms with van der Waals surface area (Å²) in [5, 5.41) is 2.44. The molecule has 21 heavy (non-hydrogen) atoms. The molecule has 0 radical (unpaired) electrons. The Balaban J connectivity index is 1.81. The lowest BCUT2D eigenvalue weighted by atomic mass is 9.90. The van der Waals surface area contributed by atoms with E-state index in [1.807, 2.05) is 12.1 Å². The molecule has 1 atom stereocenters. The van der Waals surface area contributed by atoms with Gasteiger partial charge < -0.3 is 9.32 Å². The minimum Gasteiger partial charge on any atom is -0.456 e. The zero-order valence-electron chi connectivity index (χ0n) is 11.6. The van der Waals surface area contributed by atoms with Gasteiger partial charge in [-0.25, -0.2) is 0 Å². The predicted octanol–water partition coefficient (Wildman–Crippen LogP) is 4.57. The highest BCUT2D eigenvalue weighted by atomic mass is 16.3. The average molecular weight is 273 g/mol. The van der Waals surface area contributed by atoms with Crippen LogP contribution >= 0.6 is 0 Å². The Labute approximate surface area is 123 Å². The molecule has 0 amide bonds. The summed E-state index contributed by atoms with van der Waals surface area (Å²) >= 11 is 0. The van der Waals surface area contributed by atoms with E-state index in [9.17, 15) is 0 Å². The Hall–Kier alpha value is -2.48. The zero-order chi connectivity index (χ0) is 13.8. The van der Waals surface area contributed by atoms with E-state index < -0.39 is 0 Å². The Morgan fingerprint density at radius 3 is 2.95 bits per heavy atom. The summed E-state index contributed by atoms with van der Waals surface area (Å²) in [6.07, 6.45) is 9.83. The lowest BCUT2D eigenvalue weighted by Crippen LogP contribution is -2.31. The molecule has 0 N–H and O–H groups in total. The van der Waals surface area contributed by atoms with E-state index in [0.29, 0.717) is 6.04 Å². The van der Waals surface area contributed by atoms with Crippen LogP contribution in [0.3, 0.4) is 0 Å². The number of benzene rings is 2. The third-order valence-corrected chi connectivity index (χ3v) is 4.64. The van der Waals surface area contributed by atoms with Crippen molar-refractivity contribution < 1.29 is 4.42 Å². The van der Waals surface area contributed by atoms with Crippen LogP contribution in [0.15, 0.2) is 65.2 Å². The van der Waals surface area contributed by atoms with Crippen LogP contribution in [-0.2, 0) is 6.42 Å². The normalized spacial score (nSPS) is 20.0. The van der Waals surface area contributed by atoms with Gasteiger partial charge in [0.25, 0.3) is 0 Å². The molecule has 2 nitrogen and oxygen atoms in total. The molecule has 1 unspecified atom stereocenters. The number of allylic oxidation sites excluding steroid dienone is 2. The number of rotatable bonds is 0. The van der Waals surface area contributed by atoms with E-state index in [-0.39, 0.29) is 0 Å². The van der Waals surface area contributed by atoms with Crippen LogP contribution in [0.4, 0.5) is 0 Å². The van der Waals surface area contributed by atoms with E-state index in [1.54, 1.807) is 0 Å². The molecule has 3 aromatic rings. The monoisotopic (exact) mass is 273 g/mol. The van der Waals surface area contributed by atoms with Crippen molar-refractivity contribution >= 4 is 21.9 Å². The molecule has 0 fully saturated rings. The number of hydrogen-bond acceptors (Lipinski definition) is 2. The van der Waals surface area contributed by atoms with Crippen molar-refractivity contribution in [2.45, 2.75) is 12.5 Å². The van der Waals surface area contributed by atoms with Crippen molar-refractivity contribution in [3.63, 3.8) is 0 Å². The van der Waals surface area contributed by atoms with E-state index in [2.05, 4.69) is 53.6 Å². The molecule has 2 heteroatoms. The summed E-state index contributed by atoms with van der Waals surface area (Å²) in [4.78, 5) is 2.41. The van der Waals surface area contributed by atoms with Gasteiger partial charge in [-0.1, -0.05) is 30.4 Å². The van der Waals surface area contributed by atoms with Crippen LogP contribution in [0.1, 0.15) is 17.2 Å². The van der Waals surface area contributed by atoms with Crippen LogP contribution < -0.4 is 0 Å². The first-order valence-corrected chi connectivity index (χ1v) is 7.45. The number of furan rings is 1.